The van der Waals surface area contributed by atoms with Gasteiger partial charge in [0.25, 0.3) is 5.91 Å². The van der Waals surface area contributed by atoms with Crippen molar-refractivity contribution in [2.24, 2.45) is 0 Å². The van der Waals surface area contributed by atoms with Gasteiger partial charge in [-0.25, -0.2) is 14.4 Å². The summed E-state index contributed by atoms with van der Waals surface area (Å²) in [7, 11) is 1.59. The fourth-order valence-corrected chi connectivity index (χ4v) is 2.58. The van der Waals surface area contributed by atoms with Crippen LogP contribution < -0.4 is 10.1 Å². The predicted molar refractivity (Wildman–Crippen MR) is 101 cm³/mol. The van der Waals surface area contributed by atoms with Crippen molar-refractivity contribution in [1.82, 2.24) is 9.97 Å². The first kappa shape index (κ1) is 18.7. The first-order valence-electron chi connectivity index (χ1n) is 8.45. The highest BCUT2D eigenvalue weighted by Gasteiger charge is 2.16. The number of ether oxygens (including phenoxy) is 2. The Morgan fingerprint density at radius 2 is 1.89 bits per heavy atom. The second-order valence-electron chi connectivity index (χ2n) is 6.04. The van der Waals surface area contributed by atoms with Gasteiger partial charge < -0.3 is 14.8 Å². The monoisotopic (exact) mass is 369 g/mol. The Morgan fingerprint density at radius 3 is 2.67 bits per heavy atom. The van der Waals surface area contributed by atoms with E-state index in [1.165, 1.54) is 12.1 Å². The minimum absolute atomic E-state index is 0.131. The molecular weight excluding hydrogens is 349 g/mol. The Morgan fingerprint density at radius 1 is 1.11 bits per heavy atom. The number of rotatable bonds is 6. The number of aromatic nitrogens is 2. The van der Waals surface area contributed by atoms with Crippen LogP contribution in [0.2, 0.25) is 0 Å². The molecule has 3 rings (SSSR count). The van der Waals surface area contributed by atoms with Crippen LogP contribution in [0.25, 0.3) is 11.0 Å². The average Bonchev–Trinajstić information content (AvgIpc) is 2.63. The van der Waals surface area contributed by atoms with E-state index in [0.29, 0.717) is 47.1 Å². The summed E-state index contributed by atoms with van der Waals surface area (Å²) in [6.07, 6.45) is 0. The predicted octanol–water partition coefficient (Wildman–Crippen LogP) is 3.66. The number of methoxy groups -OCH3 is 1. The molecule has 140 valence electrons. The molecule has 3 aromatic rings. The number of anilines is 1. The van der Waals surface area contributed by atoms with Gasteiger partial charge in [-0.1, -0.05) is 6.07 Å². The second-order valence-corrected chi connectivity index (χ2v) is 6.04. The third-order valence-corrected chi connectivity index (χ3v) is 4.04. The highest BCUT2D eigenvalue weighted by molar-refractivity contribution is 6.11. The standard InChI is InChI=1S/C20H20FN3O3/c1-12-13(2)23-19-17(9-14(21)10-18(19)22-12)20(25)24-15-5-4-6-16(11-15)27-8-7-26-3/h4-6,9-11H,7-8H2,1-3H3,(H,24,25). The molecule has 27 heavy (non-hydrogen) atoms. The van der Waals surface area contributed by atoms with Gasteiger partial charge in [-0.15, -0.1) is 0 Å². The maximum absolute atomic E-state index is 14.0. The number of hydrogen-bond acceptors (Lipinski definition) is 5. The minimum Gasteiger partial charge on any atom is -0.491 e. The van der Waals surface area contributed by atoms with E-state index >= 15 is 0 Å². The molecule has 0 saturated carbocycles. The lowest BCUT2D eigenvalue weighted by Crippen LogP contribution is -2.14. The number of carbonyl (C=O) groups excluding carboxylic acids is 1. The molecule has 6 nitrogen and oxygen atoms in total. The molecule has 0 aliphatic rings. The fourth-order valence-electron chi connectivity index (χ4n) is 2.58. The highest BCUT2D eigenvalue weighted by atomic mass is 19.1. The lowest BCUT2D eigenvalue weighted by Gasteiger charge is -2.11. The zero-order valence-electron chi connectivity index (χ0n) is 15.4. The second kappa shape index (κ2) is 8.09. The molecule has 0 fully saturated rings. The molecule has 0 atom stereocenters. The van der Waals surface area contributed by atoms with E-state index in [9.17, 15) is 9.18 Å². The maximum atomic E-state index is 14.0. The number of nitrogens with one attached hydrogen (secondary N) is 1. The molecule has 0 saturated heterocycles. The molecule has 1 aromatic heterocycles. The van der Waals surface area contributed by atoms with Gasteiger partial charge in [-0.3, -0.25) is 4.79 Å². The van der Waals surface area contributed by atoms with Gasteiger partial charge in [-0.05, 0) is 32.0 Å². The molecule has 1 N–H and O–H groups in total. The highest BCUT2D eigenvalue weighted by Crippen LogP contribution is 2.22. The largest absolute Gasteiger partial charge is 0.491 e. The van der Waals surface area contributed by atoms with Crippen molar-refractivity contribution in [3.8, 4) is 5.75 Å². The summed E-state index contributed by atoms with van der Waals surface area (Å²) in [5.41, 5.74) is 2.76. The first-order chi connectivity index (χ1) is 13.0. The van der Waals surface area contributed by atoms with Crippen molar-refractivity contribution in [3.05, 3.63) is 59.2 Å². The Balaban J connectivity index is 1.88. The van der Waals surface area contributed by atoms with Crippen LogP contribution >= 0.6 is 0 Å². The summed E-state index contributed by atoms with van der Waals surface area (Å²) in [5, 5.41) is 2.76. The van der Waals surface area contributed by atoms with Crippen LogP contribution in [0.15, 0.2) is 36.4 Å². The van der Waals surface area contributed by atoms with Crippen LogP contribution in [-0.4, -0.2) is 36.2 Å². The SMILES string of the molecule is COCCOc1cccc(NC(=O)c2cc(F)cc3nc(C)c(C)nc23)c1. The van der Waals surface area contributed by atoms with E-state index in [0.717, 1.165) is 0 Å². The topological polar surface area (TPSA) is 73.3 Å². The van der Waals surface area contributed by atoms with Crippen LogP contribution in [0.1, 0.15) is 21.7 Å². The number of nitrogens with zero attached hydrogens (tertiary/aromatic N) is 2. The molecular formula is C20H20FN3O3. The van der Waals surface area contributed by atoms with Crippen LogP contribution in [0.4, 0.5) is 10.1 Å². The summed E-state index contributed by atoms with van der Waals surface area (Å²) in [6, 6.07) is 9.39. The molecule has 0 unspecified atom stereocenters. The third-order valence-electron chi connectivity index (χ3n) is 4.04. The number of amides is 1. The van der Waals surface area contributed by atoms with Crippen LogP contribution in [-0.2, 0) is 4.74 Å². The van der Waals surface area contributed by atoms with Gasteiger partial charge in [0.2, 0.25) is 0 Å². The lowest BCUT2D eigenvalue weighted by atomic mass is 10.1. The number of carbonyl (C=O) groups is 1. The number of hydrogen-bond donors (Lipinski definition) is 1. The van der Waals surface area contributed by atoms with Crippen molar-refractivity contribution in [3.63, 3.8) is 0 Å². The van der Waals surface area contributed by atoms with Gasteiger partial charge in [0.15, 0.2) is 0 Å². The van der Waals surface area contributed by atoms with Gasteiger partial charge in [0, 0.05) is 24.9 Å². The fraction of sp³-hybridized carbons (Fsp3) is 0.250. The summed E-state index contributed by atoms with van der Waals surface area (Å²) in [6.45, 7) is 4.45. The number of aryl methyl sites for hydroxylation is 2. The smallest absolute Gasteiger partial charge is 0.258 e. The summed E-state index contributed by atoms with van der Waals surface area (Å²) in [4.78, 5) is 21.5. The number of halogens is 1. The molecule has 0 spiro atoms. The van der Waals surface area contributed by atoms with Gasteiger partial charge in [0.05, 0.1) is 29.1 Å². The summed E-state index contributed by atoms with van der Waals surface area (Å²) >= 11 is 0. The Kier molecular flexibility index (Phi) is 5.61. The van der Waals surface area contributed by atoms with Gasteiger partial charge in [-0.2, -0.15) is 0 Å². The zero-order chi connectivity index (χ0) is 19.4. The third kappa shape index (κ3) is 4.38. The first-order valence-corrected chi connectivity index (χ1v) is 8.45. The van der Waals surface area contributed by atoms with E-state index in [1.807, 2.05) is 0 Å². The van der Waals surface area contributed by atoms with Crippen LogP contribution in [0.3, 0.4) is 0 Å². The van der Waals surface area contributed by atoms with E-state index in [2.05, 4.69) is 15.3 Å². The normalized spacial score (nSPS) is 10.8. The van der Waals surface area contributed by atoms with Crippen molar-refractivity contribution >= 4 is 22.6 Å². The van der Waals surface area contributed by atoms with E-state index in [-0.39, 0.29) is 5.56 Å². The Bertz CT molecular complexity index is 992. The molecule has 2 aromatic carbocycles. The number of benzene rings is 2. The van der Waals surface area contributed by atoms with Crippen LogP contribution in [0.5, 0.6) is 5.75 Å². The summed E-state index contributed by atoms with van der Waals surface area (Å²) < 4.78 is 24.5. The molecule has 1 heterocycles. The molecule has 0 bridgehead atoms. The molecule has 0 aliphatic carbocycles. The van der Waals surface area contributed by atoms with E-state index in [4.69, 9.17) is 9.47 Å². The lowest BCUT2D eigenvalue weighted by molar-refractivity contribution is 0.102. The Hall–Kier alpha value is -3.06. The maximum Gasteiger partial charge on any atom is 0.258 e. The number of fused-ring (bicyclic) bond motifs is 1. The van der Waals surface area contributed by atoms with Crippen molar-refractivity contribution < 1.29 is 18.7 Å². The molecule has 1 amide bonds. The zero-order valence-corrected chi connectivity index (χ0v) is 15.4. The van der Waals surface area contributed by atoms with Crippen molar-refractivity contribution in [2.75, 3.05) is 25.6 Å². The van der Waals surface area contributed by atoms with Crippen molar-refractivity contribution in [2.45, 2.75) is 13.8 Å². The average molecular weight is 369 g/mol. The molecule has 0 aliphatic heterocycles. The van der Waals surface area contributed by atoms with Gasteiger partial charge >= 0.3 is 0 Å². The van der Waals surface area contributed by atoms with Gasteiger partial charge in [0.1, 0.15) is 23.7 Å². The molecule has 7 heteroatoms. The van der Waals surface area contributed by atoms with E-state index in [1.54, 1.807) is 45.2 Å². The molecule has 0 radical (unpaired) electrons. The van der Waals surface area contributed by atoms with Crippen LogP contribution in [0, 0.1) is 19.7 Å². The van der Waals surface area contributed by atoms with E-state index < -0.39 is 11.7 Å². The Labute approximate surface area is 156 Å². The quantitative estimate of drug-likeness (QED) is 0.671. The summed E-state index contributed by atoms with van der Waals surface area (Å²) in [5.74, 6) is -0.409. The van der Waals surface area contributed by atoms with Crippen molar-refractivity contribution in [1.29, 1.82) is 0 Å². The minimum atomic E-state index is -0.540.